The molecule has 1 amide bonds. The molecule has 1 N–H and O–H groups in total. The van der Waals surface area contributed by atoms with Crippen LogP contribution in [-0.2, 0) is 14.8 Å². The Morgan fingerprint density at radius 2 is 2.09 bits per heavy atom. The number of hydrogen-bond acceptors (Lipinski definition) is 4. The minimum absolute atomic E-state index is 0.0510. The first-order chi connectivity index (χ1) is 10.8. The lowest BCUT2D eigenvalue weighted by Crippen LogP contribution is -2.35. The predicted molar refractivity (Wildman–Crippen MR) is 91.6 cm³/mol. The van der Waals surface area contributed by atoms with Gasteiger partial charge in [-0.25, -0.2) is 8.42 Å². The van der Waals surface area contributed by atoms with E-state index in [9.17, 15) is 13.2 Å². The molecule has 8 heteroatoms. The molecule has 0 aliphatic rings. The number of nitrogens with zero attached hydrogens (tertiary/aromatic N) is 2. The highest BCUT2D eigenvalue weighted by molar-refractivity contribution is 9.10. The van der Waals surface area contributed by atoms with Gasteiger partial charge in [0.2, 0.25) is 15.9 Å². The summed E-state index contributed by atoms with van der Waals surface area (Å²) >= 11 is 3.35. The van der Waals surface area contributed by atoms with E-state index in [0.717, 1.165) is 14.3 Å². The Hall–Kier alpha value is -1.77. The van der Waals surface area contributed by atoms with Gasteiger partial charge in [0.05, 0.1) is 6.54 Å². The van der Waals surface area contributed by atoms with Gasteiger partial charge in [0.1, 0.15) is 4.90 Å². The number of aryl methyl sites for hydroxylation is 1. The second-order valence-electron chi connectivity index (χ2n) is 4.96. The van der Waals surface area contributed by atoms with Gasteiger partial charge in [0.25, 0.3) is 0 Å². The van der Waals surface area contributed by atoms with Crippen LogP contribution in [0, 0.1) is 6.92 Å². The van der Waals surface area contributed by atoms with Crippen molar-refractivity contribution >= 4 is 37.5 Å². The molecule has 0 saturated heterocycles. The molecule has 23 heavy (non-hydrogen) atoms. The van der Waals surface area contributed by atoms with Crippen molar-refractivity contribution in [2.75, 3.05) is 18.9 Å². The van der Waals surface area contributed by atoms with Crippen molar-refractivity contribution in [3.05, 3.63) is 52.8 Å². The lowest BCUT2D eigenvalue weighted by atomic mass is 10.2. The third kappa shape index (κ3) is 4.37. The minimum Gasteiger partial charge on any atom is -0.325 e. The van der Waals surface area contributed by atoms with Crippen molar-refractivity contribution in [1.82, 2.24) is 9.29 Å². The molecule has 122 valence electrons. The number of amides is 1. The Labute approximate surface area is 143 Å². The summed E-state index contributed by atoms with van der Waals surface area (Å²) in [4.78, 5) is 15.9. The lowest BCUT2D eigenvalue weighted by Gasteiger charge is -2.17. The van der Waals surface area contributed by atoms with Gasteiger partial charge in [-0.1, -0.05) is 15.9 Å². The van der Waals surface area contributed by atoms with Gasteiger partial charge in [0.15, 0.2) is 0 Å². The fraction of sp³-hybridized carbons (Fsp3) is 0.200. The first-order valence-corrected chi connectivity index (χ1v) is 8.96. The monoisotopic (exact) mass is 397 g/mol. The average Bonchev–Trinajstić information content (AvgIpc) is 2.51. The summed E-state index contributed by atoms with van der Waals surface area (Å²) in [5, 5.41) is 2.71. The van der Waals surface area contributed by atoms with Crippen LogP contribution in [0.4, 0.5) is 5.69 Å². The molecule has 2 aromatic rings. The highest BCUT2D eigenvalue weighted by Crippen LogP contribution is 2.20. The maximum atomic E-state index is 12.3. The van der Waals surface area contributed by atoms with Crippen LogP contribution in [0.5, 0.6) is 0 Å². The molecule has 1 aromatic carbocycles. The van der Waals surface area contributed by atoms with E-state index < -0.39 is 15.9 Å². The molecule has 0 aliphatic heterocycles. The van der Waals surface area contributed by atoms with Crippen LogP contribution in [0.25, 0.3) is 0 Å². The van der Waals surface area contributed by atoms with Crippen LogP contribution in [0.15, 0.2) is 52.1 Å². The Morgan fingerprint density at radius 3 is 2.70 bits per heavy atom. The maximum absolute atomic E-state index is 12.3. The number of aromatic nitrogens is 1. The summed E-state index contributed by atoms with van der Waals surface area (Å²) < 4.78 is 26.6. The van der Waals surface area contributed by atoms with Crippen LogP contribution in [0.1, 0.15) is 5.56 Å². The summed E-state index contributed by atoms with van der Waals surface area (Å²) in [6, 6.07) is 8.40. The molecular weight excluding hydrogens is 382 g/mol. The van der Waals surface area contributed by atoms with Crippen LogP contribution >= 0.6 is 15.9 Å². The number of carbonyl (C=O) groups is 1. The topological polar surface area (TPSA) is 79.4 Å². The zero-order valence-corrected chi connectivity index (χ0v) is 15.1. The Morgan fingerprint density at radius 1 is 1.35 bits per heavy atom. The van der Waals surface area contributed by atoms with Crippen molar-refractivity contribution in [1.29, 1.82) is 0 Å². The number of sulfonamides is 1. The summed E-state index contributed by atoms with van der Waals surface area (Å²) in [6.07, 6.45) is 2.74. The second kappa shape index (κ2) is 7.20. The van der Waals surface area contributed by atoms with Crippen LogP contribution in [0.2, 0.25) is 0 Å². The quantitative estimate of drug-likeness (QED) is 0.839. The molecule has 0 saturated carbocycles. The van der Waals surface area contributed by atoms with E-state index >= 15 is 0 Å². The molecule has 2 rings (SSSR count). The minimum atomic E-state index is -3.74. The highest BCUT2D eigenvalue weighted by Gasteiger charge is 2.23. The number of benzene rings is 1. The van der Waals surface area contributed by atoms with E-state index in [-0.39, 0.29) is 11.4 Å². The van der Waals surface area contributed by atoms with Gasteiger partial charge in [-0.2, -0.15) is 4.31 Å². The van der Waals surface area contributed by atoms with Gasteiger partial charge in [-0.05, 0) is 42.8 Å². The lowest BCUT2D eigenvalue weighted by molar-refractivity contribution is -0.116. The molecule has 1 heterocycles. The van der Waals surface area contributed by atoms with E-state index in [1.165, 1.54) is 31.6 Å². The van der Waals surface area contributed by atoms with Gasteiger partial charge in [-0.15, -0.1) is 0 Å². The zero-order chi connectivity index (χ0) is 17.0. The fourth-order valence-corrected chi connectivity index (χ4v) is 3.49. The normalized spacial score (nSPS) is 11.5. The molecule has 0 aliphatic carbocycles. The van der Waals surface area contributed by atoms with E-state index in [4.69, 9.17) is 0 Å². The first-order valence-electron chi connectivity index (χ1n) is 6.73. The van der Waals surface area contributed by atoms with E-state index in [0.29, 0.717) is 5.69 Å². The number of pyridine rings is 1. The van der Waals surface area contributed by atoms with Crippen molar-refractivity contribution in [2.45, 2.75) is 11.8 Å². The van der Waals surface area contributed by atoms with Gasteiger partial charge in [-0.3, -0.25) is 9.78 Å². The zero-order valence-electron chi connectivity index (χ0n) is 12.7. The third-order valence-corrected chi connectivity index (χ3v) is 5.45. The maximum Gasteiger partial charge on any atom is 0.244 e. The van der Waals surface area contributed by atoms with E-state index in [1.807, 2.05) is 13.0 Å². The molecule has 0 spiro atoms. The molecule has 0 atom stereocenters. The van der Waals surface area contributed by atoms with Crippen LogP contribution in [0.3, 0.4) is 0 Å². The summed E-state index contributed by atoms with van der Waals surface area (Å²) in [7, 11) is -2.38. The summed E-state index contributed by atoms with van der Waals surface area (Å²) in [6.45, 7) is 1.57. The Kier molecular flexibility index (Phi) is 5.51. The largest absolute Gasteiger partial charge is 0.325 e. The smallest absolute Gasteiger partial charge is 0.244 e. The molecule has 0 unspecified atom stereocenters. The van der Waals surface area contributed by atoms with Gasteiger partial charge < -0.3 is 5.32 Å². The molecular formula is C15H16BrN3O3S. The van der Waals surface area contributed by atoms with Crippen molar-refractivity contribution in [3.63, 3.8) is 0 Å². The highest BCUT2D eigenvalue weighted by atomic mass is 79.9. The second-order valence-corrected chi connectivity index (χ2v) is 7.92. The van der Waals surface area contributed by atoms with E-state index in [1.54, 1.807) is 12.1 Å². The fourth-order valence-electron chi connectivity index (χ4n) is 1.92. The number of likely N-dealkylation sites (N-methyl/N-ethyl adjacent to an activating group) is 1. The number of rotatable bonds is 5. The third-order valence-electron chi connectivity index (χ3n) is 3.17. The molecule has 6 nitrogen and oxygen atoms in total. The Balaban J connectivity index is 2.08. The predicted octanol–water partition coefficient (Wildman–Crippen LogP) is 2.41. The van der Waals surface area contributed by atoms with Gasteiger partial charge >= 0.3 is 0 Å². The Bertz CT molecular complexity index is 810. The van der Waals surface area contributed by atoms with Crippen molar-refractivity contribution in [2.24, 2.45) is 0 Å². The number of halogens is 1. The number of anilines is 1. The number of nitrogens with one attached hydrogen (secondary N) is 1. The molecule has 1 aromatic heterocycles. The van der Waals surface area contributed by atoms with Crippen molar-refractivity contribution < 1.29 is 13.2 Å². The summed E-state index contributed by atoms with van der Waals surface area (Å²) in [5.74, 6) is -0.412. The first kappa shape index (κ1) is 17.6. The number of hydrogen-bond donors (Lipinski definition) is 1. The van der Waals surface area contributed by atoms with E-state index in [2.05, 4.69) is 26.2 Å². The SMILES string of the molecule is Cc1cc(Br)ccc1NC(=O)CN(C)S(=O)(=O)c1cccnc1. The van der Waals surface area contributed by atoms with Crippen molar-refractivity contribution in [3.8, 4) is 0 Å². The molecule has 0 fully saturated rings. The standard InChI is InChI=1S/C15H16BrN3O3S/c1-11-8-12(16)5-6-14(11)18-15(20)10-19(2)23(21,22)13-4-3-7-17-9-13/h3-9H,10H2,1-2H3,(H,18,20). The van der Waals surface area contributed by atoms with Crippen LogP contribution in [-0.4, -0.2) is 37.2 Å². The molecule has 0 radical (unpaired) electrons. The van der Waals surface area contributed by atoms with Gasteiger partial charge in [0, 0.05) is 29.6 Å². The van der Waals surface area contributed by atoms with Crippen LogP contribution < -0.4 is 5.32 Å². The summed E-state index contributed by atoms with van der Waals surface area (Å²) in [5.41, 5.74) is 1.52. The molecule has 0 bridgehead atoms. The number of carbonyl (C=O) groups excluding carboxylic acids is 1. The average molecular weight is 398 g/mol.